The summed E-state index contributed by atoms with van der Waals surface area (Å²) in [6, 6.07) is 0. The van der Waals surface area contributed by atoms with E-state index in [0.29, 0.717) is 0 Å². The Morgan fingerprint density at radius 3 is 1.06 bits per heavy atom. The van der Waals surface area contributed by atoms with Gasteiger partial charge < -0.3 is 9.80 Å². The van der Waals surface area contributed by atoms with Crippen molar-refractivity contribution in [1.29, 1.82) is 0 Å². The molecule has 2 rings (SSSR count). The zero-order chi connectivity index (χ0) is 12.0. The van der Waals surface area contributed by atoms with Crippen LogP contribution in [0.15, 0.2) is 0 Å². The van der Waals surface area contributed by atoms with E-state index in [0.717, 1.165) is 34.8 Å². The zero-order valence-corrected chi connectivity index (χ0v) is 16.7. The molecule has 2 aliphatic heterocycles. The summed E-state index contributed by atoms with van der Waals surface area (Å²) in [7, 11) is 0. The molecule has 2 fully saturated rings. The summed E-state index contributed by atoms with van der Waals surface area (Å²) in [5.41, 5.74) is 0. The summed E-state index contributed by atoms with van der Waals surface area (Å²) in [4.78, 5) is 4.35. The van der Waals surface area contributed by atoms with Crippen molar-refractivity contribution >= 4 is 58.3 Å². The SMILES string of the molecule is S=C([SH2+])N1CCCC1.S=C([SH2+])N1CCCC1.[Zn+2]. The molecule has 0 saturated carbocycles. The Balaban J connectivity index is 0.000000284. The Morgan fingerprint density at radius 1 is 0.706 bits per heavy atom. The average molecular weight is 362 g/mol. The van der Waals surface area contributed by atoms with E-state index in [1.54, 1.807) is 0 Å². The number of nitrogens with zero attached hydrogens (tertiary/aromatic N) is 2. The normalized spacial score (nSPS) is 18.2. The van der Waals surface area contributed by atoms with Gasteiger partial charge in [0.1, 0.15) is 0 Å². The molecule has 0 aromatic carbocycles. The third-order valence-electron chi connectivity index (χ3n) is 2.79. The predicted molar refractivity (Wildman–Crippen MR) is 87.1 cm³/mol. The van der Waals surface area contributed by atoms with E-state index in [4.69, 9.17) is 24.4 Å². The molecule has 0 radical (unpaired) electrons. The minimum absolute atomic E-state index is 0. The van der Waals surface area contributed by atoms with Gasteiger partial charge in [0, 0.05) is 51.4 Å². The number of hydrogen-bond donors (Lipinski definition) is 0. The second kappa shape index (κ2) is 9.96. The molecule has 2 aliphatic rings. The molecule has 17 heavy (non-hydrogen) atoms. The molecule has 92 valence electrons. The number of hydrogen-bond acceptors (Lipinski definition) is 2. The van der Waals surface area contributed by atoms with Crippen LogP contribution in [0.3, 0.4) is 0 Å². The van der Waals surface area contributed by atoms with Crippen LogP contribution in [0.4, 0.5) is 0 Å². The Hall–Kier alpha value is 1.10. The van der Waals surface area contributed by atoms with Gasteiger partial charge in [-0.2, -0.15) is 0 Å². The van der Waals surface area contributed by atoms with Crippen LogP contribution in [0.2, 0.25) is 0 Å². The molecule has 2 saturated heterocycles. The zero-order valence-electron chi connectivity index (χ0n) is 10.1. The van der Waals surface area contributed by atoms with Crippen molar-refractivity contribution in [2.24, 2.45) is 0 Å². The molecule has 2 nitrogen and oxygen atoms in total. The fourth-order valence-corrected chi connectivity index (χ4v) is 2.65. The molecule has 0 atom stereocenters. The Kier molecular flexibility index (Phi) is 10.6. The molecule has 0 aromatic rings. The number of rotatable bonds is 0. The second-order valence-electron chi connectivity index (χ2n) is 4.00. The van der Waals surface area contributed by atoms with E-state index in [-0.39, 0.29) is 19.5 Å². The minimum atomic E-state index is 0. The van der Waals surface area contributed by atoms with Crippen LogP contribution in [0.25, 0.3) is 0 Å². The van der Waals surface area contributed by atoms with Gasteiger partial charge in [0.25, 0.3) is 8.64 Å². The molecule has 0 aliphatic carbocycles. The van der Waals surface area contributed by atoms with Crippen molar-refractivity contribution in [2.75, 3.05) is 26.2 Å². The van der Waals surface area contributed by atoms with E-state index in [2.05, 4.69) is 35.1 Å². The maximum Gasteiger partial charge on any atom is 2.00 e. The smallest absolute Gasteiger partial charge is 0.324 e. The Bertz CT molecular complexity index is 225. The first-order valence-corrected chi connectivity index (χ1v) is 7.44. The number of likely N-dealkylation sites (tertiary alicyclic amines) is 2. The fraction of sp³-hybridized carbons (Fsp3) is 0.800. The van der Waals surface area contributed by atoms with Gasteiger partial charge in [-0.1, -0.05) is 0 Å². The largest absolute Gasteiger partial charge is 2.00 e. The van der Waals surface area contributed by atoms with Crippen molar-refractivity contribution in [3.63, 3.8) is 0 Å². The monoisotopic (exact) mass is 360 g/mol. The van der Waals surface area contributed by atoms with Crippen LogP contribution in [0.5, 0.6) is 0 Å². The standard InChI is InChI=1S/2C5H9NS2.Zn/c2*7-5(8)6-3-1-2-4-6;/h2*1-4H2,(H,7,8);/q;;+2/p+2. The Morgan fingerprint density at radius 2 is 0.941 bits per heavy atom. The van der Waals surface area contributed by atoms with E-state index in [1.165, 1.54) is 25.7 Å². The first kappa shape index (κ1) is 18.1. The second-order valence-corrected chi connectivity index (χ2v) is 6.44. The third kappa shape index (κ3) is 7.31. The maximum absolute atomic E-state index is 4.89. The van der Waals surface area contributed by atoms with Gasteiger partial charge in [-0.3, -0.25) is 0 Å². The van der Waals surface area contributed by atoms with Gasteiger partial charge >= 0.3 is 19.5 Å². The van der Waals surface area contributed by atoms with Gasteiger partial charge in [0.15, 0.2) is 0 Å². The Labute approximate surface area is 138 Å². The molecule has 0 N–H and O–H groups in total. The first-order valence-electron chi connectivity index (χ1n) is 5.62. The van der Waals surface area contributed by atoms with E-state index < -0.39 is 0 Å². The summed E-state index contributed by atoms with van der Waals surface area (Å²) < 4.78 is 1.73. The van der Waals surface area contributed by atoms with Crippen LogP contribution < -0.4 is 0 Å². The molecule has 0 unspecified atom stereocenters. The van der Waals surface area contributed by atoms with Crippen LogP contribution in [0, 0.1) is 0 Å². The minimum Gasteiger partial charge on any atom is -0.324 e. The topological polar surface area (TPSA) is 6.48 Å². The van der Waals surface area contributed by atoms with Gasteiger partial charge in [-0.25, -0.2) is 0 Å². The van der Waals surface area contributed by atoms with Crippen LogP contribution >= 0.6 is 24.4 Å². The van der Waals surface area contributed by atoms with E-state index >= 15 is 0 Å². The molecule has 0 bridgehead atoms. The average Bonchev–Trinajstić information content (AvgIpc) is 2.93. The van der Waals surface area contributed by atoms with Crippen LogP contribution in [-0.2, 0) is 44.7 Å². The van der Waals surface area contributed by atoms with E-state index in [9.17, 15) is 0 Å². The maximum atomic E-state index is 4.89. The summed E-state index contributed by atoms with van der Waals surface area (Å²) in [6.07, 6.45) is 5.18. The molecule has 2 heterocycles. The summed E-state index contributed by atoms with van der Waals surface area (Å²) in [5.74, 6) is 0. The van der Waals surface area contributed by atoms with Gasteiger partial charge in [-0.15, -0.1) is 0 Å². The molecule has 0 amide bonds. The summed E-state index contributed by atoms with van der Waals surface area (Å²) >= 11 is 16.4. The number of thiocarbonyl (C=S) groups is 2. The van der Waals surface area contributed by atoms with Crippen molar-refractivity contribution in [1.82, 2.24) is 9.80 Å². The summed E-state index contributed by atoms with van der Waals surface area (Å²) in [5, 5.41) is 0. The van der Waals surface area contributed by atoms with Crippen molar-refractivity contribution < 1.29 is 19.5 Å². The van der Waals surface area contributed by atoms with Crippen molar-refractivity contribution in [3.05, 3.63) is 0 Å². The predicted octanol–water partition coefficient (Wildman–Crippen LogP) is 0.755. The van der Waals surface area contributed by atoms with Crippen molar-refractivity contribution in [3.8, 4) is 0 Å². The van der Waals surface area contributed by atoms with Gasteiger partial charge in [0.05, 0.1) is 0 Å². The molecule has 0 aromatic heterocycles. The quantitative estimate of drug-likeness (QED) is 0.357. The molecular formula is C10H20N2S4Zn+4. The summed E-state index contributed by atoms with van der Waals surface area (Å²) in [6.45, 7) is 4.56. The molecule has 7 heteroatoms. The first-order chi connectivity index (χ1) is 7.61. The van der Waals surface area contributed by atoms with Crippen molar-refractivity contribution in [2.45, 2.75) is 25.7 Å². The molecule has 0 spiro atoms. The third-order valence-corrected chi connectivity index (χ3v) is 3.94. The fourth-order valence-electron chi connectivity index (χ4n) is 1.84. The van der Waals surface area contributed by atoms with Crippen LogP contribution in [-0.4, -0.2) is 44.6 Å². The molecular weight excluding hydrogens is 342 g/mol. The van der Waals surface area contributed by atoms with E-state index in [1.807, 2.05) is 0 Å². The van der Waals surface area contributed by atoms with Crippen LogP contribution in [0.1, 0.15) is 25.7 Å². The van der Waals surface area contributed by atoms with Gasteiger partial charge in [-0.05, 0) is 50.1 Å². The van der Waals surface area contributed by atoms with Gasteiger partial charge in [0.2, 0.25) is 0 Å².